The molecular formula is C4H3N3O4. The van der Waals surface area contributed by atoms with Crippen molar-refractivity contribution >= 4 is 11.8 Å². The molecule has 0 aromatic carbocycles. The van der Waals surface area contributed by atoms with Crippen molar-refractivity contribution in [2.45, 2.75) is 0 Å². The van der Waals surface area contributed by atoms with E-state index >= 15 is 0 Å². The first-order chi connectivity index (χ1) is 5.13. The van der Waals surface area contributed by atoms with Crippen molar-refractivity contribution in [2.75, 3.05) is 0 Å². The third-order valence-corrected chi connectivity index (χ3v) is 1.01. The Hall–Kier alpha value is -1.92. The molecule has 0 aliphatic heterocycles. The molecule has 0 aliphatic rings. The Morgan fingerprint density at radius 3 is 2.82 bits per heavy atom. The highest BCUT2D eigenvalue weighted by molar-refractivity contribution is 5.89. The first kappa shape index (κ1) is 7.19. The number of H-pyrrole nitrogens is 1. The fourth-order valence-electron chi connectivity index (χ4n) is 0.583. The SMILES string of the molecule is O=C(O)c1[nH]cnc1[N+](=O)[O-]. The van der Waals surface area contributed by atoms with E-state index in [-0.39, 0.29) is 0 Å². The second-order valence-corrected chi connectivity index (χ2v) is 1.66. The molecule has 58 valence electrons. The lowest BCUT2D eigenvalue weighted by atomic mass is 10.4. The summed E-state index contributed by atoms with van der Waals surface area (Å²) in [5, 5.41) is 18.4. The standard InChI is InChI=1S/C4H3N3O4/c8-4(9)2-3(7(10)11)6-1-5-2/h1H,(H,5,6)(H,8,9). The van der Waals surface area contributed by atoms with Crippen molar-refractivity contribution in [1.82, 2.24) is 9.97 Å². The Kier molecular flexibility index (Phi) is 1.55. The molecule has 0 saturated heterocycles. The van der Waals surface area contributed by atoms with Gasteiger partial charge in [-0.05, 0) is 9.91 Å². The van der Waals surface area contributed by atoms with Crippen molar-refractivity contribution in [3.05, 3.63) is 22.1 Å². The molecule has 0 unspecified atom stereocenters. The molecule has 1 aromatic heterocycles. The fourth-order valence-corrected chi connectivity index (χ4v) is 0.583. The molecule has 0 atom stereocenters. The van der Waals surface area contributed by atoms with E-state index in [1.54, 1.807) is 0 Å². The van der Waals surface area contributed by atoms with Crippen LogP contribution in [0.1, 0.15) is 10.5 Å². The van der Waals surface area contributed by atoms with E-state index in [9.17, 15) is 14.9 Å². The monoisotopic (exact) mass is 157 g/mol. The molecule has 7 nitrogen and oxygen atoms in total. The molecule has 1 aromatic rings. The van der Waals surface area contributed by atoms with Gasteiger partial charge in [-0.15, -0.1) is 0 Å². The summed E-state index contributed by atoms with van der Waals surface area (Å²) in [6.07, 6.45) is 0.960. The van der Waals surface area contributed by atoms with Gasteiger partial charge in [0.05, 0.1) is 0 Å². The number of imidazole rings is 1. The minimum absolute atomic E-state index is 0.505. The van der Waals surface area contributed by atoms with Gasteiger partial charge in [0.15, 0.2) is 0 Å². The molecule has 0 radical (unpaired) electrons. The van der Waals surface area contributed by atoms with Gasteiger partial charge in [0, 0.05) is 0 Å². The molecule has 0 fully saturated rings. The molecular weight excluding hydrogens is 154 g/mol. The molecule has 11 heavy (non-hydrogen) atoms. The number of carboxylic acids is 1. The lowest BCUT2D eigenvalue weighted by Gasteiger charge is -1.88. The maximum Gasteiger partial charge on any atom is 0.396 e. The van der Waals surface area contributed by atoms with Crippen molar-refractivity contribution in [2.24, 2.45) is 0 Å². The molecule has 2 N–H and O–H groups in total. The van der Waals surface area contributed by atoms with Crippen molar-refractivity contribution in [3.63, 3.8) is 0 Å². The van der Waals surface area contributed by atoms with E-state index in [0.717, 1.165) is 6.33 Å². The van der Waals surface area contributed by atoms with Crippen LogP contribution in [0, 0.1) is 10.1 Å². The van der Waals surface area contributed by atoms with Crippen LogP contribution in [0.4, 0.5) is 5.82 Å². The Balaban J connectivity index is 3.16. The number of rotatable bonds is 2. The van der Waals surface area contributed by atoms with Gasteiger partial charge in [0.2, 0.25) is 12.0 Å². The lowest BCUT2D eigenvalue weighted by molar-refractivity contribution is -0.389. The first-order valence-corrected chi connectivity index (χ1v) is 2.54. The second kappa shape index (κ2) is 2.37. The summed E-state index contributed by atoms with van der Waals surface area (Å²) in [6.45, 7) is 0. The first-order valence-electron chi connectivity index (χ1n) is 2.54. The van der Waals surface area contributed by atoms with Gasteiger partial charge in [-0.3, -0.25) is 0 Å². The van der Waals surface area contributed by atoms with Gasteiger partial charge >= 0.3 is 11.8 Å². The van der Waals surface area contributed by atoms with Gasteiger partial charge in [-0.2, -0.15) is 0 Å². The molecule has 0 bridgehead atoms. The molecule has 1 heterocycles. The van der Waals surface area contributed by atoms with Crippen LogP contribution in [0.2, 0.25) is 0 Å². The number of hydrogen-bond donors (Lipinski definition) is 2. The highest BCUT2D eigenvalue weighted by Gasteiger charge is 2.22. The second-order valence-electron chi connectivity index (χ2n) is 1.66. The summed E-state index contributed by atoms with van der Waals surface area (Å²) in [7, 11) is 0. The molecule has 1 rings (SSSR count). The van der Waals surface area contributed by atoms with Crippen molar-refractivity contribution < 1.29 is 14.8 Å². The van der Waals surface area contributed by atoms with Gasteiger partial charge in [0.25, 0.3) is 0 Å². The van der Waals surface area contributed by atoms with Gasteiger partial charge in [-0.1, -0.05) is 0 Å². The molecule has 0 aliphatic carbocycles. The summed E-state index contributed by atoms with van der Waals surface area (Å²) in [5.74, 6) is -2.06. The minimum atomic E-state index is -1.39. The fraction of sp³-hybridized carbons (Fsp3) is 0. The van der Waals surface area contributed by atoms with E-state index in [1.165, 1.54) is 0 Å². The Labute approximate surface area is 59.8 Å². The van der Waals surface area contributed by atoms with Crippen molar-refractivity contribution in [3.8, 4) is 0 Å². The predicted molar refractivity (Wildman–Crippen MR) is 32.2 cm³/mol. The van der Waals surface area contributed by atoms with Crippen LogP contribution in [0.5, 0.6) is 0 Å². The third kappa shape index (κ3) is 1.16. The minimum Gasteiger partial charge on any atom is -0.476 e. The van der Waals surface area contributed by atoms with Crippen LogP contribution >= 0.6 is 0 Å². The van der Waals surface area contributed by atoms with E-state index in [1.807, 2.05) is 0 Å². The van der Waals surface area contributed by atoms with Crippen LogP contribution < -0.4 is 0 Å². The van der Waals surface area contributed by atoms with Crippen molar-refractivity contribution in [1.29, 1.82) is 0 Å². The number of aromatic carboxylic acids is 1. The summed E-state index contributed by atoms with van der Waals surface area (Å²) >= 11 is 0. The maximum atomic E-state index is 10.2. The summed E-state index contributed by atoms with van der Waals surface area (Å²) in [6, 6.07) is 0. The normalized spacial score (nSPS) is 9.45. The van der Waals surface area contributed by atoms with Crippen LogP contribution in [-0.2, 0) is 0 Å². The lowest BCUT2D eigenvalue weighted by Crippen LogP contribution is -2.01. The van der Waals surface area contributed by atoms with Crippen LogP contribution in [0.25, 0.3) is 0 Å². The molecule has 0 spiro atoms. The largest absolute Gasteiger partial charge is 0.476 e. The van der Waals surface area contributed by atoms with E-state index < -0.39 is 22.4 Å². The highest BCUT2D eigenvalue weighted by Crippen LogP contribution is 2.10. The smallest absolute Gasteiger partial charge is 0.396 e. The quantitative estimate of drug-likeness (QED) is 0.464. The number of nitrogens with one attached hydrogen (secondary N) is 1. The van der Waals surface area contributed by atoms with Crippen LogP contribution in [0.15, 0.2) is 6.33 Å². The average molecular weight is 157 g/mol. The number of hydrogen-bond acceptors (Lipinski definition) is 4. The number of carboxylic acid groups (broad SMARTS) is 1. The summed E-state index contributed by atoms with van der Waals surface area (Å²) in [4.78, 5) is 24.7. The van der Waals surface area contributed by atoms with E-state index in [0.29, 0.717) is 0 Å². The zero-order valence-electron chi connectivity index (χ0n) is 5.14. The zero-order chi connectivity index (χ0) is 8.43. The zero-order valence-corrected chi connectivity index (χ0v) is 5.14. The molecule has 0 saturated carbocycles. The Bertz CT molecular complexity index is 276. The van der Waals surface area contributed by atoms with Crippen LogP contribution in [-0.4, -0.2) is 26.0 Å². The van der Waals surface area contributed by atoms with E-state index in [2.05, 4.69) is 9.97 Å². The molecule has 7 heteroatoms. The Morgan fingerprint density at radius 2 is 2.45 bits per heavy atom. The van der Waals surface area contributed by atoms with E-state index in [4.69, 9.17) is 5.11 Å². The van der Waals surface area contributed by atoms with Gasteiger partial charge in [0.1, 0.15) is 0 Å². The predicted octanol–water partition coefficient (Wildman–Crippen LogP) is 0.0161. The third-order valence-electron chi connectivity index (χ3n) is 1.01. The number of aromatic amines is 1. The van der Waals surface area contributed by atoms with Crippen LogP contribution in [0.3, 0.4) is 0 Å². The number of carbonyl (C=O) groups is 1. The van der Waals surface area contributed by atoms with Gasteiger partial charge in [-0.25, -0.2) is 4.79 Å². The number of nitrogens with zero attached hydrogens (tertiary/aromatic N) is 2. The summed E-state index contributed by atoms with van der Waals surface area (Å²) < 4.78 is 0. The summed E-state index contributed by atoms with van der Waals surface area (Å²) in [5.41, 5.74) is -0.505. The maximum absolute atomic E-state index is 10.2. The number of nitro groups is 1. The number of aromatic nitrogens is 2. The Morgan fingerprint density at radius 1 is 1.82 bits per heavy atom. The van der Waals surface area contributed by atoms with Gasteiger partial charge < -0.3 is 20.2 Å². The highest BCUT2D eigenvalue weighted by atomic mass is 16.6. The topological polar surface area (TPSA) is 109 Å². The average Bonchev–Trinajstić information content (AvgIpc) is 2.32. The molecule has 0 amide bonds.